The minimum absolute atomic E-state index is 0.140. The third-order valence-electron chi connectivity index (χ3n) is 3.29. The van der Waals surface area contributed by atoms with E-state index in [1.54, 1.807) is 0 Å². The van der Waals surface area contributed by atoms with Crippen LogP contribution in [0.3, 0.4) is 0 Å². The lowest BCUT2D eigenvalue weighted by atomic mass is 10.0. The fraction of sp³-hybridized carbons (Fsp3) is 0.500. The summed E-state index contributed by atoms with van der Waals surface area (Å²) in [5.41, 5.74) is 2.19. The van der Waals surface area contributed by atoms with Crippen molar-refractivity contribution >= 4 is 15.4 Å². The van der Waals surface area contributed by atoms with Crippen molar-refractivity contribution in [3.63, 3.8) is 0 Å². The van der Waals surface area contributed by atoms with Gasteiger partial charge < -0.3 is 5.32 Å². The van der Waals surface area contributed by atoms with E-state index in [0.717, 1.165) is 24.0 Å². The normalized spacial score (nSPS) is 13.7. The van der Waals surface area contributed by atoms with Crippen LogP contribution in [0.2, 0.25) is 0 Å². The first-order valence-electron chi connectivity index (χ1n) is 6.84. The zero-order valence-corrected chi connectivity index (χ0v) is 12.7. The van der Waals surface area contributed by atoms with E-state index in [-0.39, 0.29) is 11.8 Å². The number of fused-ring (bicyclic) bond motifs is 1. The average Bonchev–Trinajstić information content (AvgIpc) is 2.80. The highest BCUT2D eigenvalue weighted by Crippen LogP contribution is 2.23. The maximum atomic E-state index is 11.2. The molecule has 6 heteroatoms. The number of aromatic nitrogens is 2. The fourth-order valence-corrected chi connectivity index (χ4v) is 3.08. The van der Waals surface area contributed by atoms with E-state index < -0.39 is 9.84 Å². The van der Waals surface area contributed by atoms with Crippen molar-refractivity contribution in [2.75, 3.05) is 18.6 Å². The van der Waals surface area contributed by atoms with Crippen LogP contribution in [0.5, 0.6) is 0 Å². The van der Waals surface area contributed by atoms with Crippen LogP contribution in [0.15, 0.2) is 30.6 Å². The minimum atomic E-state index is -2.89. The second-order valence-corrected chi connectivity index (χ2v) is 7.27. The molecule has 20 heavy (non-hydrogen) atoms. The van der Waals surface area contributed by atoms with Crippen LogP contribution in [-0.2, 0) is 9.84 Å². The van der Waals surface area contributed by atoms with Crippen molar-refractivity contribution in [3.05, 3.63) is 36.2 Å². The highest BCUT2D eigenvalue weighted by atomic mass is 32.2. The zero-order chi connectivity index (χ0) is 14.6. The van der Waals surface area contributed by atoms with E-state index in [1.807, 2.05) is 35.1 Å². The highest BCUT2D eigenvalue weighted by Gasteiger charge is 2.16. The van der Waals surface area contributed by atoms with Crippen LogP contribution >= 0.6 is 0 Å². The number of sulfone groups is 1. The molecule has 0 aromatic carbocycles. The molecule has 5 nitrogen and oxygen atoms in total. The molecule has 0 aliphatic rings. The molecule has 2 aromatic rings. The first-order valence-corrected chi connectivity index (χ1v) is 8.90. The second kappa shape index (κ2) is 6.37. The molecule has 0 aliphatic heterocycles. The molecular weight excluding hydrogens is 274 g/mol. The lowest BCUT2D eigenvalue weighted by Crippen LogP contribution is -2.21. The summed E-state index contributed by atoms with van der Waals surface area (Å²) in [4.78, 5) is 0. The number of hydrogen-bond donors (Lipinski definition) is 1. The standard InChI is InChI=1S/C14H21N3O2S/c1-3-15-13(7-6-10-20(2,18)19)12-11-16-17-9-5-4-8-14(12)17/h4-5,8-9,11,13,15H,3,6-7,10H2,1-2H3. The molecule has 0 aliphatic carbocycles. The molecule has 1 unspecified atom stereocenters. The Morgan fingerprint density at radius 2 is 2.20 bits per heavy atom. The quantitative estimate of drug-likeness (QED) is 0.846. The Hall–Kier alpha value is -1.40. The molecule has 0 spiro atoms. The van der Waals surface area contributed by atoms with Gasteiger partial charge in [0.1, 0.15) is 9.84 Å². The minimum Gasteiger partial charge on any atom is -0.310 e. The molecule has 2 rings (SSSR count). The topological polar surface area (TPSA) is 63.5 Å². The van der Waals surface area contributed by atoms with Crippen molar-refractivity contribution in [3.8, 4) is 0 Å². The van der Waals surface area contributed by atoms with E-state index in [0.29, 0.717) is 6.42 Å². The SMILES string of the molecule is CCNC(CCCS(C)(=O)=O)c1cnn2ccccc12. The summed E-state index contributed by atoms with van der Waals surface area (Å²) >= 11 is 0. The molecule has 0 saturated heterocycles. The van der Waals surface area contributed by atoms with Gasteiger partial charge in [0.05, 0.1) is 11.7 Å². The van der Waals surface area contributed by atoms with Gasteiger partial charge in [-0.1, -0.05) is 13.0 Å². The maximum absolute atomic E-state index is 11.2. The fourth-order valence-electron chi connectivity index (χ4n) is 2.39. The van der Waals surface area contributed by atoms with Gasteiger partial charge in [0.25, 0.3) is 0 Å². The Labute approximate surface area is 119 Å². The van der Waals surface area contributed by atoms with E-state index in [1.165, 1.54) is 6.26 Å². The Morgan fingerprint density at radius 3 is 2.90 bits per heavy atom. The molecule has 2 heterocycles. The summed E-state index contributed by atoms with van der Waals surface area (Å²) in [5, 5.41) is 7.75. The monoisotopic (exact) mass is 295 g/mol. The lowest BCUT2D eigenvalue weighted by molar-refractivity contribution is 0.510. The van der Waals surface area contributed by atoms with Crippen LogP contribution in [0, 0.1) is 0 Å². The largest absolute Gasteiger partial charge is 0.310 e. The highest BCUT2D eigenvalue weighted by molar-refractivity contribution is 7.90. The van der Waals surface area contributed by atoms with Gasteiger partial charge in [-0.05, 0) is 31.5 Å². The van der Waals surface area contributed by atoms with Gasteiger partial charge in [-0.2, -0.15) is 5.10 Å². The first kappa shape index (κ1) is 15.0. The van der Waals surface area contributed by atoms with E-state index >= 15 is 0 Å². The molecular formula is C14H21N3O2S. The molecule has 0 saturated carbocycles. The number of rotatable bonds is 7. The number of nitrogens with one attached hydrogen (secondary N) is 1. The zero-order valence-electron chi connectivity index (χ0n) is 11.9. The third kappa shape index (κ3) is 3.80. The Balaban J connectivity index is 2.15. The molecule has 2 aromatic heterocycles. The molecule has 0 radical (unpaired) electrons. The molecule has 0 fully saturated rings. The Morgan fingerprint density at radius 1 is 1.40 bits per heavy atom. The van der Waals surface area contributed by atoms with Crippen LogP contribution < -0.4 is 5.32 Å². The molecule has 0 amide bonds. The lowest BCUT2D eigenvalue weighted by Gasteiger charge is -2.16. The smallest absolute Gasteiger partial charge is 0.147 e. The van der Waals surface area contributed by atoms with Crippen LogP contribution in [-0.4, -0.2) is 36.6 Å². The van der Waals surface area contributed by atoms with Crippen molar-refractivity contribution in [2.45, 2.75) is 25.8 Å². The molecule has 1 atom stereocenters. The van der Waals surface area contributed by atoms with Gasteiger partial charge in [-0.3, -0.25) is 0 Å². The predicted octanol–water partition coefficient (Wildman–Crippen LogP) is 1.81. The van der Waals surface area contributed by atoms with Gasteiger partial charge in [-0.25, -0.2) is 12.9 Å². The van der Waals surface area contributed by atoms with E-state index in [2.05, 4.69) is 17.3 Å². The van der Waals surface area contributed by atoms with Gasteiger partial charge in [0.15, 0.2) is 0 Å². The van der Waals surface area contributed by atoms with Crippen LogP contribution in [0.25, 0.3) is 5.52 Å². The summed E-state index contributed by atoms with van der Waals surface area (Å²) in [6.07, 6.45) is 6.50. The summed E-state index contributed by atoms with van der Waals surface area (Å²) < 4.78 is 24.3. The Kier molecular flexibility index (Phi) is 4.77. The predicted molar refractivity (Wildman–Crippen MR) is 80.6 cm³/mol. The summed E-state index contributed by atoms with van der Waals surface area (Å²) in [6.45, 7) is 2.89. The van der Waals surface area contributed by atoms with Gasteiger partial charge in [0, 0.05) is 29.8 Å². The molecule has 1 N–H and O–H groups in total. The molecule has 110 valence electrons. The second-order valence-electron chi connectivity index (χ2n) is 5.01. The summed E-state index contributed by atoms with van der Waals surface area (Å²) in [6, 6.07) is 6.10. The van der Waals surface area contributed by atoms with Gasteiger partial charge in [-0.15, -0.1) is 0 Å². The number of nitrogens with zero attached hydrogens (tertiary/aromatic N) is 2. The Bertz CT molecular complexity index is 664. The van der Waals surface area contributed by atoms with E-state index in [4.69, 9.17) is 0 Å². The number of hydrogen-bond acceptors (Lipinski definition) is 4. The van der Waals surface area contributed by atoms with Crippen LogP contribution in [0.4, 0.5) is 0 Å². The van der Waals surface area contributed by atoms with Gasteiger partial charge >= 0.3 is 0 Å². The third-order valence-corrected chi connectivity index (χ3v) is 4.32. The van der Waals surface area contributed by atoms with Crippen molar-refractivity contribution in [1.29, 1.82) is 0 Å². The summed E-state index contributed by atoms with van der Waals surface area (Å²) in [7, 11) is -2.89. The number of pyridine rings is 1. The average molecular weight is 295 g/mol. The maximum Gasteiger partial charge on any atom is 0.147 e. The van der Waals surface area contributed by atoms with Gasteiger partial charge in [0.2, 0.25) is 0 Å². The summed E-state index contributed by atoms with van der Waals surface area (Å²) in [5.74, 6) is 0.230. The van der Waals surface area contributed by atoms with Crippen molar-refractivity contribution in [2.24, 2.45) is 0 Å². The van der Waals surface area contributed by atoms with E-state index in [9.17, 15) is 8.42 Å². The van der Waals surface area contributed by atoms with Crippen LogP contribution in [0.1, 0.15) is 31.4 Å². The van der Waals surface area contributed by atoms with Crippen molar-refractivity contribution < 1.29 is 8.42 Å². The first-order chi connectivity index (χ1) is 9.51. The van der Waals surface area contributed by atoms with Crippen molar-refractivity contribution in [1.82, 2.24) is 14.9 Å². The molecule has 0 bridgehead atoms.